The van der Waals surface area contributed by atoms with Crippen molar-refractivity contribution in [1.29, 1.82) is 0 Å². The lowest BCUT2D eigenvalue weighted by atomic mass is 9.95. The molecule has 0 spiro atoms. The van der Waals surface area contributed by atoms with Gasteiger partial charge in [0.2, 0.25) is 5.91 Å². The lowest BCUT2D eigenvalue weighted by Gasteiger charge is -2.33. The Balaban J connectivity index is 1.35. The predicted octanol–water partition coefficient (Wildman–Crippen LogP) is 3.58. The molecule has 5 heteroatoms. The van der Waals surface area contributed by atoms with E-state index in [-0.39, 0.29) is 5.92 Å². The van der Waals surface area contributed by atoms with Crippen LogP contribution in [0.2, 0.25) is 0 Å². The van der Waals surface area contributed by atoms with Gasteiger partial charge < -0.3 is 14.4 Å². The second-order valence-electron chi connectivity index (χ2n) is 7.61. The Hall–Kier alpha value is -1.75. The minimum atomic E-state index is 0.228. The molecule has 0 saturated carbocycles. The van der Waals surface area contributed by atoms with Crippen molar-refractivity contribution in [3.05, 3.63) is 24.3 Å². The molecule has 0 unspecified atom stereocenters. The van der Waals surface area contributed by atoms with Crippen molar-refractivity contribution in [3.8, 4) is 11.5 Å². The first-order valence-electron chi connectivity index (χ1n) is 10.6. The maximum atomic E-state index is 12.8. The Kier molecular flexibility index (Phi) is 7.81. The van der Waals surface area contributed by atoms with E-state index < -0.39 is 0 Å². The summed E-state index contributed by atoms with van der Waals surface area (Å²) in [6.45, 7) is 8.18. The molecule has 1 aromatic rings. The van der Waals surface area contributed by atoms with Crippen LogP contribution in [0.5, 0.6) is 11.5 Å². The molecule has 0 radical (unpaired) electrons. The lowest BCUT2D eigenvalue weighted by Crippen LogP contribution is -2.43. The van der Waals surface area contributed by atoms with Crippen molar-refractivity contribution in [3.63, 3.8) is 0 Å². The number of ether oxygens (including phenoxy) is 2. The van der Waals surface area contributed by atoms with Gasteiger partial charge in [0.1, 0.15) is 18.1 Å². The van der Waals surface area contributed by atoms with Gasteiger partial charge in [0, 0.05) is 25.6 Å². The molecule has 1 amide bonds. The molecule has 0 aromatic heterocycles. The average molecular weight is 375 g/mol. The number of piperidine rings is 1. The van der Waals surface area contributed by atoms with Gasteiger partial charge in [-0.05, 0) is 70.0 Å². The zero-order valence-corrected chi connectivity index (χ0v) is 16.7. The summed E-state index contributed by atoms with van der Waals surface area (Å²) < 4.78 is 11.3. The van der Waals surface area contributed by atoms with E-state index in [1.165, 1.54) is 25.7 Å². The predicted molar refractivity (Wildman–Crippen MR) is 107 cm³/mol. The molecule has 2 heterocycles. The first-order valence-corrected chi connectivity index (χ1v) is 10.6. The van der Waals surface area contributed by atoms with Crippen LogP contribution in [-0.4, -0.2) is 61.6 Å². The van der Waals surface area contributed by atoms with E-state index in [4.69, 9.17) is 9.47 Å². The fraction of sp³-hybridized carbons (Fsp3) is 0.682. The Morgan fingerprint density at radius 2 is 1.52 bits per heavy atom. The van der Waals surface area contributed by atoms with Gasteiger partial charge in [-0.15, -0.1) is 0 Å². The van der Waals surface area contributed by atoms with Crippen molar-refractivity contribution in [1.82, 2.24) is 9.80 Å². The highest BCUT2D eigenvalue weighted by atomic mass is 16.5. The summed E-state index contributed by atoms with van der Waals surface area (Å²) in [5.41, 5.74) is 0. The molecule has 2 aliphatic rings. The molecule has 2 saturated heterocycles. The Bertz CT molecular complexity index is 559. The standard InChI is InChI=1S/C22H34N2O3/c1-2-26-20-7-9-21(10-8-20)27-18-17-23-15-11-19(12-16-23)22(25)24-13-5-3-4-6-14-24/h7-10,19H,2-6,11-18H2,1H3. The molecule has 5 nitrogen and oxygen atoms in total. The number of rotatable bonds is 7. The van der Waals surface area contributed by atoms with E-state index in [1.54, 1.807) is 0 Å². The number of carbonyl (C=O) groups is 1. The number of likely N-dealkylation sites (tertiary alicyclic amines) is 2. The summed E-state index contributed by atoms with van der Waals surface area (Å²) in [5, 5.41) is 0. The van der Waals surface area contributed by atoms with E-state index in [1.807, 2.05) is 31.2 Å². The monoisotopic (exact) mass is 374 g/mol. The van der Waals surface area contributed by atoms with Gasteiger partial charge in [-0.2, -0.15) is 0 Å². The second kappa shape index (κ2) is 10.5. The van der Waals surface area contributed by atoms with Crippen LogP contribution < -0.4 is 9.47 Å². The number of nitrogens with zero attached hydrogens (tertiary/aromatic N) is 2. The molecule has 0 N–H and O–H groups in total. The molecule has 0 bridgehead atoms. The minimum Gasteiger partial charge on any atom is -0.494 e. The first kappa shape index (κ1) is 20.0. The van der Waals surface area contributed by atoms with E-state index >= 15 is 0 Å². The SMILES string of the molecule is CCOc1ccc(OCCN2CCC(C(=O)N3CCCCCC3)CC2)cc1. The third-order valence-electron chi connectivity index (χ3n) is 5.67. The first-order chi connectivity index (χ1) is 13.3. The molecular weight excluding hydrogens is 340 g/mol. The number of hydrogen-bond acceptors (Lipinski definition) is 4. The van der Waals surface area contributed by atoms with Gasteiger partial charge in [-0.3, -0.25) is 9.69 Å². The van der Waals surface area contributed by atoms with Gasteiger partial charge >= 0.3 is 0 Å². The van der Waals surface area contributed by atoms with Crippen LogP contribution in [0.25, 0.3) is 0 Å². The fourth-order valence-corrected chi connectivity index (χ4v) is 4.04. The van der Waals surface area contributed by atoms with Crippen molar-refractivity contribution in [2.75, 3.05) is 45.9 Å². The third kappa shape index (κ3) is 6.13. The van der Waals surface area contributed by atoms with Crippen LogP contribution in [0.1, 0.15) is 45.4 Å². The minimum absolute atomic E-state index is 0.228. The maximum absolute atomic E-state index is 12.8. The van der Waals surface area contributed by atoms with Crippen LogP contribution in [0.15, 0.2) is 24.3 Å². The van der Waals surface area contributed by atoms with Gasteiger partial charge in [-0.1, -0.05) is 12.8 Å². The highest BCUT2D eigenvalue weighted by Crippen LogP contribution is 2.22. The summed E-state index contributed by atoms with van der Waals surface area (Å²) in [4.78, 5) is 17.3. The number of amides is 1. The lowest BCUT2D eigenvalue weighted by molar-refractivity contribution is -0.137. The molecule has 1 aromatic carbocycles. The summed E-state index contributed by atoms with van der Waals surface area (Å²) in [5.74, 6) is 2.39. The van der Waals surface area contributed by atoms with E-state index in [0.29, 0.717) is 19.1 Å². The Morgan fingerprint density at radius 3 is 2.11 bits per heavy atom. The Morgan fingerprint density at radius 1 is 0.926 bits per heavy atom. The largest absolute Gasteiger partial charge is 0.494 e. The molecule has 0 atom stereocenters. The zero-order chi connectivity index (χ0) is 18.9. The van der Waals surface area contributed by atoms with Crippen molar-refractivity contribution in [2.45, 2.75) is 45.4 Å². The molecule has 150 valence electrons. The summed E-state index contributed by atoms with van der Waals surface area (Å²) in [7, 11) is 0. The molecule has 2 fully saturated rings. The van der Waals surface area contributed by atoms with Gasteiger partial charge in [0.05, 0.1) is 6.61 Å². The van der Waals surface area contributed by atoms with Crippen LogP contribution in [0.4, 0.5) is 0 Å². The van der Waals surface area contributed by atoms with Crippen molar-refractivity contribution < 1.29 is 14.3 Å². The molecule has 3 rings (SSSR count). The van der Waals surface area contributed by atoms with E-state index in [9.17, 15) is 4.79 Å². The third-order valence-corrected chi connectivity index (χ3v) is 5.67. The molecular formula is C22H34N2O3. The van der Waals surface area contributed by atoms with Crippen LogP contribution >= 0.6 is 0 Å². The summed E-state index contributed by atoms with van der Waals surface area (Å²) in [6, 6.07) is 7.80. The average Bonchev–Trinajstić information content (AvgIpc) is 2.99. The van der Waals surface area contributed by atoms with Crippen molar-refractivity contribution in [2.24, 2.45) is 5.92 Å². The zero-order valence-electron chi connectivity index (χ0n) is 16.7. The highest BCUT2D eigenvalue weighted by molar-refractivity contribution is 5.79. The normalized spacial score (nSPS) is 19.5. The van der Waals surface area contributed by atoms with Crippen molar-refractivity contribution >= 4 is 5.91 Å². The molecule has 27 heavy (non-hydrogen) atoms. The van der Waals surface area contributed by atoms with Gasteiger partial charge in [-0.25, -0.2) is 0 Å². The fourth-order valence-electron chi connectivity index (χ4n) is 4.04. The van der Waals surface area contributed by atoms with Crippen LogP contribution in [-0.2, 0) is 4.79 Å². The quantitative estimate of drug-likeness (QED) is 0.732. The van der Waals surface area contributed by atoms with E-state index in [0.717, 1.165) is 57.1 Å². The van der Waals surface area contributed by atoms with E-state index in [2.05, 4.69) is 9.80 Å². The number of benzene rings is 1. The van der Waals surface area contributed by atoms with Crippen LogP contribution in [0.3, 0.4) is 0 Å². The van der Waals surface area contributed by atoms with Crippen LogP contribution in [0, 0.1) is 5.92 Å². The topological polar surface area (TPSA) is 42.0 Å². The van der Waals surface area contributed by atoms with Gasteiger partial charge in [0.15, 0.2) is 0 Å². The maximum Gasteiger partial charge on any atom is 0.225 e. The summed E-state index contributed by atoms with van der Waals surface area (Å²) in [6.07, 6.45) is 6.87. The number of hydrogen-bond donors (Lipinski definition) is 0. The number of carbonyl (C=O) groups excluding carboxylic acids is 1. The summed E-state index contributed by atoms with van der Waals surface area (Å²) >= 11 is 0. The Labute approximate surface area is 163 Å². The molecule has 2 aliphatic heterocycles. The highest BCUT2D eigenvalue weighted by Gasteiger charge is 2.28. The second-order valence-corrected chi connectivity index (χ2v) is 7.61. The molecule has 0 aliphatic carbocycles. The van der Waals surface area contributed by atoms with Gasteiger partial charge in [0.25, 0.3) is 0 Å². The smallest absolute Gasteiger partial charge is 0.225 e.